The average Bonchev–Trinajstić information content (AvgIpc) is 2.90. The number of carbonyl (C=O) groups excluding carboxylic acids is 1. The van der Waals surface area contributed by atoms with E-state index < -0.39 is 0 Å². The van der Waals surface area contributed by atoms with Gasteiger partial charge in [-0.3, -0.25) is 4.79 Å². The van der Waals surface area contributed by atoms with E-state index >= 15 is 0 Å². The predicted molar refractivity (Wildman–Crippen MR) is 87.0 cm³/mol. The van der Waals surface area contributed by atoms with Crippen molar-refractivity contribution in [3.05, 3.63) is 41.3 Å². The number of nitrogens with one attached hydrogen (secondary N) is 1. The largest absolute Gasteiger partial charge is 0.378 e. The minimum Gasteiger partial charge on any atom is -0.378 e. The number of anilines is 1. The zero-order valence-electron chi connectivity index (χ0n) is 13.8. The fraction of sp³-hybridized carbons (Fsp3) is 0.471. The molecule has 0 saturated carbocycles. The second kappa shape index (κ2) is 7.09. The van der Waals surface area contributed by atoms with Gasteiger partial charge < -0.3 is 10.1 Å². The van der Waals surface area contributed by atoms with Crippen molar-refractivity contribution in [2.75, 3.05) is 11.9 Å². The molecule has 0 bridgehead atoms. The quantitative estimate of drug-likeness (QED) is 0.934. The first kappa shape index (κ1) is 16.6. The molecule has 128 valence electrons. The van der Waals surface area contributed by atoms with Crippen LogP contribution >= 0.6 is 0 Å². The molecule has 1 saturated heterocycles. The fourth-order valence-electron chi connectivity index (χ4n) is 2.89. The van der Waals surface area contributed by atoms with Crippen molar-refractivity contribution in [1.29, 1.82) is 0 Å². The molecule has 7 heteroatoms. The summed E-state index contributed by atoms with van der Waals surface area (Å²) < 4.78 is 20.9. The normalized spacial score (nSPS) is 20.8. The van der Waals surface area contributed by atoms with Crippen LogP contribution in [-0.4, -0.2) is 33.6 Å². The van der Waals surface area contributed by atoms with Gasteiger partial charge in [0, 0.05) is 12.2 Å². The molecule has 2 unspecified atom stereocenters. The number of hydrogen-bond donors (Lipinski definition) is 1. The second-order valence-electron chi connectivity index (χ2n) is 6.09. The summed E-state index contributed by atoms with van der Waals surface area (Å²) in [7, 11) is 0. The highest BCUT2D eigenvalue weighted by molar-refractivity contribution is 5.92. The molecule has 3 rings (SSSR count). The maximum atomic E-state index is 13.8. The summed E-state index contributed by atoms with van der Waals surface area (Å²) in [5.74, 6) is -0.168. The number of carbonyl (C=O) groups is 1. The van der Waals surface area contributed by atoms with Gasteiger partial charge in [-0.2, -0.15) is 0 Å². The van der Waals surface area contributed by atoms with E-state index in [1.165, 1.54) is 6.07 Å². The van der Waals surface area contributed by atoms with Crippen LogP contribution in [0.25, 0.3) is 0 Å². The SMILES string of the molecule is Cc1c(NC(=O)C2CCCOC2C)nnn1Cc1ccccc1F. The van der Waals surface area contributed by atoms with Crippen LogP contribution in [0.2, 0.25) is 0 Å². The molecule has 1 aliphatic rings. The molecule has 2 atom stereocenters. The molecule has 1 N–H and O–H groups in total. The van der Waals surface area contributed by atoms with Gasteiger partial charge in [-0.25, -0.2) is 9.07 Å². The third-order valence-corrected chi connectivity index (χ3v) is 4.45. The molecular weight excluding hydrogens is 311 g/mol. The van der Waals surface area contributed by atoms with Gasteiger partial charge in [-0.05, 0) is 32.8 Å². The molecule has 1 fully saturated rings. The van der Waals surface area contributed by atoms with Crippen LogP contribution in [0.1, 0.15) is 31.0 Å². The third kappa shape index (κ3) is 3.46. The van der Waals surface area contributed by atoms with Gasteiger partial charge in [0.05, 0.1) is 24.3 Å². The maximum Gasteiger partial charge on any atom is 0.231 e. The van der Waals surface area contributed by atoms with Crippen LogP contribution < -0.4 is 5.32 Å². The molecule has 24 heavy (non-hydrogen) atoms. The van der Waals surface area contributed by atoms with E-state index in [2.05, 4.69) is 15.6 Å². The second-order valence-corrected chi connectivity index (χ2v) is 6.09. The van der Waals surface area contributed by atoms with Gasteiger partial charge >= 0.3 is 0 Å². The summed E-state index contributed by atoms with van der Waals surface area (Å²) in [5, 5.41) is 10.9. The van der Waals surface area contributed by atoms with Crippen molar-refractivity contribution in [3.8, 4) is 0 Å². The van der Waals surface area contributed by atoms with Crippen molar-refractivity contribution in [2.45, 2.75) is 39.3 Å². The number of nitrogens with zero attached hydrogens (tertiary/aromatic N) is 3. The van der Waals surface area contributed by atoms with E-state index in [0.717, 1.165) is 12.8 Å². The van der Waals surface area contributed by atoms with Gasteiger partial charge in [-0.15, -0.1) is 5.10 Å². The van der Waals surface area contributed by atoms with Gasteiger partial charge in [0.15, 0.2) is 5.82 Å². The summed E-state index contributed by atoms with van der Waals surface area (Å²) in [6, 6.07) is 6.54. The highest BCUT2D eigenvalue weighted by Crippen LogP contribution is 2.23. The zero-order chi connectivity index (χ0) is 17.1. The summed E-state index contributed by atoms with van der Waals surface area (Å²) in [6.07, 6.45) is 1.57. The lowest BCUT2D eigenvalue weighted by Crippen LogP contribution is -2.36. The molecular formula is C17H21FN4O2. The van der Waals surface area contributed by atoms with Crippen LogP contribution in [0.15, 0.2) is 24.3 Å². The standard InChI is InChI=1S/C17H21FN4O2/c1-11-16(19-17(23)14-7-5-9-24-12(14)2)20-21-22(11)10-13-6-3-4-8-15(13)18/h3-4,6,8,12,14H,5,7,9-10H2,1-2H3,(H,19,23). The Morgan fingerprint density at radius 3 is 3.00 bits per heavy atom. The monoisotopic (exact) mass is 332 g/mol. The van der Waals surface area contributed by atoms with Crippen LogP contribution in [0.4, 0.5) is 10.2 Å². The summed E-state index contributed by atoms with van der Waals surface area (Å²) in [6.45, 7) is 4.68. The highest BCUT2D eigenvalue weighted by atomic mass is 19.1. The fourth-order valence-corrected chi connectivity index (χ4v) is 2.89. The molecule has 0 radical (unpaired) electrons. The molecule has 0 spiro atoms. The van der Waals surface area contributed by atoms with E-state index in [4.69, 9.17) is 4.74 Å². The van der Waals surface area contributed by atoms with Crippen molar-refractivity contribution in [2.24, 2.45) is 5.92 Å². The van der Waals surface area contributed by atoms with Gasteiger partial charge in [0.25, 0.3) is 0 Å². The molecule has 2 heterocycles. The Labute approximate surface area is 140 Å². The Morgan fingerprint density at radius 1 is 1.46 bits per heavy atom. The van der Waals surface area contributed by atoms with E-state index in [-0.39, 0.29) is 30.3 Å². The van der Waals surface area contributed by atoms with Crippen LogP contribution in [-0.2, 0) is 16.1 Å². The Kier molecular flexibility index (Phi) is 4.89. The number of amides is 1. The molecule has 1 aromatic carbocycles. The van der Waals surface area contributed by atoms with Crippen molar-refractivity contribution < 1.29 is 13.9 Å². The van der Waals surface area contributed by atoms with E-state index in [0.29, 0.717) is 23.7 Å². The Hall–Kier alpha value is -2.28. The molecule has 0 aliphatic carbocycles. The van der Waals surface area contributed by atoms with Crippen LogP contribution in [0.5, 0.6) is 0 Å². The summed E-state index contributed by atoms with van der Waals surface area (Å²) in [4.78, 5) is 12.4. The minimum atomic E-state index is -0.286. The Bertz CT molecular complexity index is 731. The molecule has 1 aromatic heterocycles. The number of benzene rings is 1. The lowest BCUT2D eigenvalue weighted by Gasteiger charge is -2.27. The maximum absolute atomic E-state index is 13.8. The molecule has 1 aliphatic heterocycles. The van der Waals surface area contributed by atoms with Crippen LogP contribution in [0, 0.1) is 18.7 Å². The summed E-state index contributed by atoms with van der Waals surface area (Å²) >= 11 is 0. The first-order valence-corrected chi connectivity index (χ1v) is 8.12. The molecule has 1 amide bonds. The van der Waals surface area contributed by atoms with Crippen molar-refractivity contribution >= 4 is 11.7 Å². The Balaban J connectivity index is 1.71. The highest BCUT2D eigenvalue weighted by Gasteiger charge is 2.29. The first-order valence-electron chi connectivity index (χ1n) is 8.12. The topological polar surface area (TPSA) is 69.0 Å². The summed E-state index contributed by atoms with van der Waals surface area (Å²) in [5.41, 5.74) is 1.22. The predicted octanol–water partition coefficient (Wildman–Crippen LogP) is 2.53. The van der Waals surface area contributed by atoms with Crippen molar-refractivity contribution in [3.63, 3.8) is 0 Å². The first-order chi connectivity index (χ1) is 11.6. The lowest BCUT2D eigenvalue weighted by molar-refractivity contribution is -0.127. The number of aromatic nitrogens is 3. The van der Waals surface area contributed by atoms with Gasteiger partial charge in [-0.1, -0.05) is 23.4 Å². The van der Waals surface area contributed by atoms with Crippen LogP contribution in [0.3, 0.4) is 0 Å². The minimum absolute atomic E-state index is 0.104. The molecule has 2 aromatic rings. The lowest BCUT2D eigenvalue weighted by atomic mass is 9.94. The smallest absolute Gasteiger partial charge is 0.231 e. The third-order valence-electron chi connectivity index (χ3n) is 4.45. The van der Waals surface area contributed by atoms with E-state index in [9.17, 15) is 9.18 Å². The number of ether oxygens (including phenoxy) is 1. The number of hydrogen-bond acceptors (Lipinski definition) is 4. The Morgan fingerprint density at radius 2 is 2.25 bits per heavy atom. The van der Waals surface area contributed by atoms with Gasteiger partial charge in [0.2, 0.25) is 5.91 Å². The van der Waals surface area contributed by atoms with E-state index in [1.807, 2.05) is 6.92 Å². The number of halogens is 1. The van der Waals surface area contributed by atoms with E-state index in [1.54, 1.807) is 29.8 Å². The zero-order valence-corrected chi connectivity index (χ0v) is 13.8. The van der Waals surface area contributed by atoms with Gasteiger partial charge in [0.1, 0.15) is 5.82 Å². The molecule has 6 nitrogen and oxygen atoms in total. The van der Waals surface area contributed by atoms with Crippen molar-refractivity contribution in [1.82, 2.24) is 15.0 Å². The number of rotatable bonds is 4. The average molecular weight is 332 g/mol.